The third-order valence-electron chi connectivity index (χ3n) is 6.51. The largest absolute Gasteiger partial charge is 0.352 e. The third-order valence-corrected chi connectivity index (χ3v) is 9.03. The lowest BCUT2D eigenvalue weighted by Crippen LogP contribution is -2.54. The van der Waals surface area contributed by atoms with Crippen molar-refractivity contribution in [1.29, 1.82) is 0 Å². The minimum Gasteiger partial charge on any atom is -0.352 e. The molecule has 2 amide bonds. The average Bonchev–Trinajstić information content (AvgIpc) is 2.92. The highest BCUT2D eigenvalue weighted by molar-refractivity contribution is 7.92. The van der Waals surface area contributed by atoms with Crippen LogP contribution < -0.4 is 9.62 Å². The van der Waals surface area contributed by atoms with Crippen LogP contribution in [0.15, 0.2) is 66.7 Å². The smallest absolute Gasteiger partial charge is 0.244 e. The molecule has 0 aliphatic rings. The van der Waals surface area contributed by atoms with Crippen molar-refractivity contribution in [3.05, 3.63) is 97.9 Å². The van der Waals surface area contributed by atoms with E-state index < -0.39 is 28.5 Å². The van der Waals surface area contributed by atoms with Crippen LogP contribution >= 0.6 is 46.4 Å². The molecule has 41 heavy (non-hydrogen) atoms. The second-order valence-corrected chi connectivity index (χ2v) is 13.2. The van der Waals surface area contributed by atoms with Gasteiger partial charge in [0, 0.05) is 24.0 Å². The first-order valence-electron chi connectivity index (χ1n) is 12.8. The number of hydrogen-bond donors (Lipinski definition) is 1. The summed E-state index contributed by atoms with van der Waals surface area (Å²) in [5.41, 5.74) is 1.40. The number of benzene rings is 3. The summed E-state index contributed by atoms with van der Waals surface area (Å²) in [6.45, 7) is 3.11. The average molecular weight is 659 g/mol. The number of halogens is 4. The molecule has 0 aliphatic heterocycles. The van der Waals surface area contributed by atoms with E-state index in [1.54, 1.807) is 24.3 Å². The summed E-state index contributed by atoms with van der Waals surface area (Å²) in [7, 11) is -4.03. The van der Waals surface area contributed by atoms with Crippen LogP contribution in [0.4, 0.5) is 5.69 Å². The van der Waals surface area contributed by atoms with Crippen LogP contribution in [0.25, 0.3) is 0 Å². The molecule has 1 N–H and O–H groups in total. The van der Waals surface area contributed by atoms with E-state index in [4.69, 9.17) is 46.4 Å². The Hall–Kier alpha value is -2.49. The number of amides is 2. The van der Waals surface area contributed by atoms with Crippen LogP contribution in [0, 0.1) is 0 Å². The molecule has 7 nitrogen and oxygen atoms in total. The Balaban J connectivity index is 2.11. The zero-order chi connectivity index (χ0) is 30.3. The Morgan fingerprint density at radius 2 is 1.49 bits per heavy atom. The summed E-state index contributed by atoms with van der Waals surface area (Å²) in [5.74, 6) is -1.01. The van der Waals surface area contributed by atoms with Gasteiger partial charge in [-0.05, 0) is 42.7 Å². The van der Waals surface area contributed by atoms with E-state index in [1.807, 2.05) is 44.2 Å². The Morgan fingerprint density at radius 3 is 2.10 bits per heavy atom. The minimum absolute atomic E-state index is 0.00868. The Kier molecular flexibility index (Phi) is 11.8. The summed E-state index contributed by atoms with van der Waals surface area (Å²) < 4.78 is 26.8. The molecule has 0 saturated heterocycles. The lowest BCUT2D eigenvalue weighted by molar-refractivity contribution is -0.140. The molecular formula is C29H31Cl4N3O4S. The molecule has 0 aliphatic carbocycles. The molecule has 2 atom stereocenters. The van der Waals surface area contributed by atoms with Crippen molar-refractivity contribution < 1.29 is 18.0 Å². The van der Waals surface area contributed by atoms with Gasteiger partial charge in [-0.25, -0.2) is 8.42 Å². The van der Waals surface area contributed by atoms with Gasteiger partial charge in [-0.2, -0.15) is 0 Å². The Bertz CT molecular complexity index is 1490. The van der Waals surface area contributed by atoms with Gasteiger partial charge in [0.2, 0.25) is 21.8 Å². The van der Waals surface area contributed by atoms with Gasteiger partial charge in [-0.3, -0.25) is 13.9 Å². The molecule has 3 rings (SSSR count). The lowest BCUT2D eigenvalue weighted by Gasteiger charge is -2.34. The lowest BCUT2D eigenvalue weighted by atomic mass is 10.0. The monoisotopic (exact) mass is 657 g/mol. The highest BCUT2D eigenvalue weighted by atomic mass is 35.5. The minimum atomic E-state index is -4.03. The van der Waals surface area contributed by atoms with Crippen LogP contribution in [-0.4, -0.2) is 50.0 Å². The maximum absolute atomic E-state index is 14.1. The van der Waals surface area contributed by atoms with Gasteiger partial charge in [-0.15, -0.1) is 0 Å². The number of carbonyl (C=O) groups is 2. The van der Waals surface area contributed by atoms with E-state index in [9.17, 15) is 18.0 Å². The predicted octanol–water partition coefficient (Wildman–Crippen LogP) is 6.62. The number of nitrogens with zero attached hydrogens (tertiary/aromatic N) is 2. The quantitative estimate of drug-likeness (QED) is 0.222. The molecule has 0 radical (unpaired) electrons. The first-order chi connectivity index (χ1) is 19.3. The van der Waals surface area contributed by atoms with Crippen molar-refractivity contribution in [2.45, 2.75) is 45.3 Å². The highest BCUT2D eigenvalue weighted by Crippen LogP contribution is 2.36. The summed E-state index contributed by atoms with van der Waals surface area (Å²) in [5, 5.41) is 3.56. The first kappa shape index (κ1) is 33.0. The van der Waals surface area contributed by atoms with E-state index in [0.29, 0.717) is 17.0 Å². The number of rotatable bonds is 12. The maximum atomic E-state index is 14.1. The van der Waals surface area contributed by atoms with Crippen LogP contribution in [0.2, 0.25) is 20.1 Å². The number of anilines is 1. The van der Waals surface area contributed by atoms with Crippen molar-refractivity contribution in [2.75, 3.05) is 17.1 Å². The van der Waals surface area contributed by atoms with Gasteiger partial charge in [0.05, 0.1) is 27.0 Å². The van der Waals surface area contributed by atoms with Crippen LogP contribution in [0.5, 0.6) is 0 Å². The van der Waals surface area contributed by atoms with E-state index in [1.165, 1.54) is 17.0 Å². The zero-order valence-electron chi connectivity index (χ0n) is 22.8. The van der Waals surface area contributed by atoms with Gasteiger partial charge in [0.1, 0.15) is 12.6 Å². The van der Waals surface area contributed by atoms with E-state index in [0.717, 1.165) is 16.1 Å². The van der Waals surface area contributed by atoms with Crippen LogP contribution in [-0.2, 0) is 32.6 Å². The summed E-state index contributed by atoms with van der Waals surface area (Å²) in [6, 6.07) is 17.7. The van der Waals surface area contributed by atoms with Crippen molar-refractivity contribution in [1.82, 2.24) is 10.2 Å². The Labute approximate surface area is 261 Å². The van der Waals surface area contributed by atoms with Gasteiger partial charge >= 0.3 is 0 Å². The van der Waals surface area contributed by atoms with Gasteiger partial charge < -0.3 is 10.2 Å². The second-order valence-electron chi connectivity index (χ2n) is 9.62. The molecule has 220 valence electrons. The molecule has 12 heteroatoms. The van der Waals surface area contributed by atoms with Crippen LogP contribution in [0.3, 0.4) is 0 Å². The van der Waals surface area contributed by atoms with Crippen molar-refractivity contribution in [2.24, 2.45) is 0 Å². The molecular weight excluding hydrogens is 628 g/mol. The van der Waals surface area contributed by atoms with Crippen molar-refractivity contribution >= 4 is 73.9 Å². The fraction of sp³-hybridized carbons (Fsp3) is 0.310. The third kappa shape index (κ3) is 9.00. The molecule has 2 unspecified atom stereocenters. The maximum Gasteiger partial charge on any atom is 0.244 e. The molecule has 0 spiro atoms. The SMILES string of the molecule is CCC(C)NC(=O)C(Cc1ccccc1)N(Cc1ccccc1Cl)C(=O)CN(c1cc(Cl)c(Cl)cc1Cl)S(C)(=O)=O. The first-order valence-corrected chi connectivity index (χ1v) is 16.2. The number of hydrogen-bond acceptors (Lipinski definition) is 4. The van der Waals surface area contributed by atoms with E-state index >= 15 is 0 Å². The summed E-state index contributed by atoms with van der Waals surface area (Å²) in [6.07, 6.45) is 1.82. The van der Waals surface area contributed by atoms with E-state index in [2.05, 4.69) is 5.32 Å². The summed E-state index contributed by atoms with van der Waals surface area (Å²) in [4.78, 5) is 29.2. The number of nitrogens with one attached hydrogen (secondary N) is 1. The molecule has 0 fully saturated rings. The molecule has 3 aromatic carbocycles. The van der Waals surface area contributed by atoms with Crippen molar-refractivity contribution in [3.8, 4) is 0 Å². The number of carbonyl (C=O) groups excluding carboxylic acids is 2. The highest BCUT2D eigenvalue weighted by Gasteiger charge is 2.34. The predicted molar refractivity (Wildman–Crippen MR) is 167 cm³/mol. The molecule has 0 bridgehead atoms. The zero-order valence-corrected chi connectivity index (χ0v) is 26.6. The summed E-state index contributed by atoms with van der Waals surface area (Å²) >= 11 is 25.0. The standard InChI is InChI=1S/C29H31Cl4N3O4S/c1-4-19(2)34-29(38)27(14-20-10-6-5-7-11-20)35(17-21-12-8-9-13-22(21)30)28(37)18-36(41(3,39)40)26-16-24(32)23(31)15-25(26)33/h5-13,15-16,19,27H,4,14,17-18H2,1-3H3,(H,34,38). The fourth-order valence-corrected chi connectivity index (χ4v) is 5.85. The van der Waals surface area contributed by atoms with Gasteiger partial charge in [-0.1, -0.05) is 102 Å². The molecule has 0 saturated carbocycles. The van der Waals surface area contributed by atoms with E-state index in [-0.39, 0.29) is 45.7 Å². The molecule has 3 aromatic rings. The number of sulfonamides is 1. The molecule has 0 heterocycles. The van der Waals surface area contributed by atoms with Crippen molar-refractivity contribution in [3.63, 3.8) is 0 Å². The normalized spacial score (nSPS) is 12.9. The second kappa shape index (κ2) is 14.6. The Morgan fingerprint density at radius 1 is 0.878 bits per heavy atom. The van der Waals surface area contributed by atoms with Gasteiger partial charge in [0.15, 0.2) is 0 Å². The van der Waals surface area contributed by atoms with Gasteiger partial charge in [0.25, 0.3) is 0 Å². The topological polar surface area (TPSA) is 86.8 Å². The fourth-order valence-electron chi connectivity index (χ4n) is 4.10. The van der Waals surface area contributed by atoms with Crippen LogP contribution in [0.1, 0.15) is 31.4 Å². The molecule has 0 aromatic heterocycles.